The summed E-state index contributed by atoms with van der Waals surface area (Å²) in [6.07, 6.45) is 6.77. The fourth-order valence-electron chi connectivity index (χ4n) is 2.95. The topological polar surface area (TPSA) is 17.1 Å². The Labute approximate surface area is 60.1 Å². The van der Waals surface area contributed by atoms with E-state index in [0.717, 1.165) is 18.3 Å². The van der Waals surface area contributed by atoms with Gasteiger partial charge in [-0.2, -0.15) is 0 Å². The van der Waals surface area contributed by atoms with Crippen LogP contribution in [0.5, 0.6) is 0 Å². The molecule has 0 spiro atoms. The van der Waals surface area contributed by atoms with Gasteiger partial charge in [0, 0.05) is 11.8 Å². The number of Topliss-reactive ketones (excluding diaryl/α,β-unsaturated/α-hetero) is 1. The Morgan fingerprint density at radius 2 is 2.20 bits per heavy atom. The maximum Gasteiger partial charge on any atom is 0.143 e. The maximum absolute atomic E-state index is 11.4. The molecule has 0 heterocycles. The monoisotopic (exact) mass is 134 g/mol. The first kappa shape index (κ1) is 5.11. The quantitative estimate of drug-likeness (QED) is 0.458. The molecule has 3 aliphatic carbocycles. The molecule has 2 fully saturated rings. The van der Waals surface area contributed by atoms with Gasteiger partial charge in [0.25, 0.3) is 0 Å². The van der Waals surface area contributed by atoms with Gasteiger partial charge >= 0.3 is 0 Å². The van der Waals surface area contributed by atoms with Crippen LogP contribution in [0.15, 0.2) is 12.2 Å². The SMILES string of the molecule is O=C1[C@H]2C[C@H]3[C@@H]1C=C[C@H]3C2. The molecule has 2 saturated carbocycles. The van der Waals surface area contributed by atoms with Gasteiger partial charge in [0.05, 0.1) is 0 Å². The van der Waals surface area contributed by atoms with Crippen molar-refractivity contribution < 1.29 is 4.79 Å². The Bertz CT molecular complexity index is 229. The summed E-state index contributed by atoms with van der Waals surface area (Å²) in [5.74, 6) is 2.86. The zero-order valence-corrected chi connectivity index (χ0v) is 5.79. The smallest absolute Gasteiger partial charge is 0.143 e. The van der Waals surface area contributed by atoms with Gasteiger partial charge in [-0.15, -0.1) is 0 Å². The minimum Gasteiger partial charge on any atom is -0.299 e. The van der Waals surface area contributed by atoms with Crippen molar-refractivity contribution in [1.82, 2.24) is 0 Å². The predicted octanol–water partition coefficient (Wildman–Crippen LogP) is 1.40. The molecule has 0 saturated heterocycles. The van der Waals surface area contributed by atoms with Crippen LogP contribution in [0.4, 0.5) is 0 Å². The van der Waals surface area contributed by atoms with Crippen LogP contribution < -0.4 is 0 Å². The minimum absolute atomic E-state index is 0.351. The zero-order chi connectivity index (χ0) is 6.72. The molecule has 3 aliphatic rings. The van der Waals surface area contributed by atoms with Crippen molar-refractivity contribution in [2.45, 2.75) is 12.8 Å². The Morgan fingerprint density at radius 1 is 1.30 bits per heavy atom. The van der Waals surface area contributed by atoms with Crippen LogP contribution in [0.2, 0.25) is 0 Å². The molecule has 4 atom stereocenters. The highest BCUT2D eigenvalue weighted by Gasteiger charge is 2.52. The molecule has 1 nitrogen and oxygen atoms in total. The maximum atomic E-state index is 11.4. The summed E-state index contributed by atoms with van der Waals surface area (Å²) in [4.78, 5) is 11.4. The second-order valence-electron chi connectivity index (χ2n) is 3.81. The molecule has 0 radical (unpaired) electrons. The first-order chi connectivity index (χ1) is 4.86. The van der Waals surface area contributed by atoms with Gasteiger partial charge in [-0.3, -0.25) is 4.79 Å². The van der Waals surface area contributed by atoms with E-state index in [1.54, 1.807) is 0 Å². The summed E-state index contributed by atoms with van der Waals surface area (Å²) in [5.41, 5.74) is 0. The summed E-state index contributed by atoms with van der Waals surface area (Å²) in [5, 5.41) is 0. The molecule has 52 valence electrons. The lowest BCUT2D eigenvalue weighted by Crippen LogP contribution is -2.20. The molecule has 10 heavy (non-hydrogen) atoms. The van der Waals surface area contributed by atoms with E-state index in [2.05, 4.69) is 12.2 Å². The van der Waals surface area contributed by atoms with E-state index < -0.39 is 0 Å². The Kier molecular flexibility index (Phi) is 0.697. The van der Waals surface area contributed by atoms with Crippen LogP contribution in [-0.4, -0.2) is 5.78 Å². The lowest BCUT2D eigenvalue weighted by Gasteiger charge is -2.16. The molecule has 3 rings (SSSR count). The Morgan fingerprint density at radius 3 is 2.90 bits per heavy atom. The highest BCUT2D eigenvalue weighted by Crippen LogP contribution is 2.54. The van der Waals surface area contributed by atoms with Gasteiger partial charge in [0.2, 0.25) is 0 Å². The normalized spacial score (nSPS) is 55.0. The van der Waals surface area contributed by atoms with Gasteiger partial charge in [0.1, 0.15) is 5.78 Å². The second kappa shape index (κ2) is 1.36. The fourth-order valence-corrected chi connectivity index (χ4v) is 2.95. The second-order valence-corrected chi connectivity index (χ2v) is 3.81. The zero-order valence-electron chi connectivity index (χ0n) is 5.79. The first-order valence-corrected chi connectivity index (χ1v) is 4.08. The highest BCUT2D eigenvalue weighted by molar-refractivity contribution is 5.89. The van der Waals surface area contributed by atoms with Crippen LogP contribution in [-0.2, 0) is 4.79 Å². The van der Waals surface area contributed by atoms with Crippen LogP contribution in [0.1, 0.15) is 12.8 Å². The number of ketones is 1. The van der Waals surface area contributed by atoms with Gasteiger partial charge in [0.15, 0.2) is 0 Å². The van der Waals surface area contributed by atoms with E-state index >= 15 is 0 Å². The largest absolute Gasteiger partial charge is 0.299 e. The number of carbonyl (C=O) groups is 1. The summed E-state index contributed by atoms with van der Waals surface area (Å²) in [6, 6.07) is 0. The molecule has 0 N–H and O–H groups in total. The number of allylic oxidation sites excluding steroid dienone is 2. The predicted molar refractivity (Wildman–Crippen MR) is 37.3 cm³/mol. The van der Waals surface area contributed by atoms with E-state index in [0.29, 0.717) is 17.6 Å². The van der Waals surface area contributed by atoms with E-state index in [4.69, 9.17) is 0 Å². The third-order valence-electron chi connectivity index (χ3n) is 3.42. The van der Waals surface area contributed by atoms with E-state index in [9.17, 15) is 4.79 Å². The van der Waals surface area contributed by atoms with Crippen LogP contribution in [0, 0.1) is 23.7 Å². The number of hydrogen-bond acceptors (Lipinski definition) is 1. The summed E-state index contributed by atoms with van der Waals surface area (Å²) < 4.78 is 0. The lowest BCUT2D eigenvalue weighted by atomic mass is 9.87. The number of carbonyl (C=O) groups excluding carboxylic acids is 1. The van der Waals surface area contributed by atoms with Crippen LogP contribution in [0.3, 0.4) is 0 Å². The van der Waals surface area contributed by atoms with E-state index in [1.807, 2.05) is 0 Å². The highest BCUT2D eigenvalue weighted by atomic mass is 16.1. The average molecular weight is 134 g/mol. The van der Waals surface area contributed by atoms with E-state index in [-0.39, 0.29) is 0 Å². The molecule has 0 aromatic rings. The van der Waals surface area contributed by atoms with Gasteiger partial charge in [-0.1, -0.05) is 12.2 Å². The van der Waals surface area contributed by atoms with Crippen LogP contribution in [0.25, 0.3) is 0 Å². The average Bonchev–Trinajstić information content (AvgIpc) is 2.43. The van der Waals surface area contributed by atoms with Crippen molar-refractivity contribution in [2.24, 2.45) is 23.7 Å². The number of rotatable bonds is 0. The van der Waals surface area contributed by atoms with Gasteiger partial charge in [-0.05, 0) is 24.7 Å². The van der Waals surface area contributed by atoms with E-state index in [1.165, 1.54) is 6.42 Å². The number of hydrogen-bond donors (Lipinski definition) is 0. The van der Waals surface area contributed by atoms with Crippen molar-refractivity contribution >= 4 is 5.78 Å². The molecule has 0 amide bonds. The fraction of sp³-hybridized carbons (Fsp3) is 0.667. The first-order valence-electron chi connectivity index (χ1n) is 4.08. The minimum atomic E-state index is 0.351. The standard InChI is InChI=1S/C9H10O/c10-9-6-3-5-1-2-7(9)8(5)4-6/h1-2,5-8H,3-4H2/t5-,6+,7-,8+/m0/s1. The Balaban J connectivity index is 2.14. The molecule has 0 aliphatic heterocycles. The third-order valence-corrected chi connectivity index (χ3v) is 3.42. The van der Waals surface area contributed by atoms with Crippen molar-refractivity contribution in [3.05, 3.63) is 12.2 Å². The van der Waals surface area contributed by atoms with Crippen molar-refractivity contribution in [2.75, 3.05) is 0 Å². The summed E-state index contributed by atoms with van der Waals surface area (Å²) >= 11 is 0. The molecular formula is C9H10O. The third kappa shape index (κ3) is 0.377. The van der Waals surface area contributed by atoms with Crippen molar-refractivity contribution in [3.8, 4) is 0 Å². The molecule has 1 heteroatoms. The Hall–Kier alpha value is -0.590. The molecule has 0 aromatic carbocycles. The summed E-state index contributed by atoms with van der Waals surface area (Å²) in [7, 11) is 0. The molecule has 2 bridgehead atoms. The molecule has 0 unspecified atom stereocenters. The van der Waals surface area contributed by atoms with Crippen LogP contribution >= 0.6 is 0 Å². The molecular weight excluding hydrogens is 124 g/mol. The number of fused-ring (bicyclic) bond motifs is 1. The lowest BCUT2D eigenvalue weighted by molar-refractivity contribution is -0.124. The molecule has 0 aromatic heterocycles. The van der Waals surface area contributed by atoms with Gasteiger partial charge in [-0.25, -0.2) is 0 Å². The van der Waals surface area contributed by atoms with Crippen molar-refractivity contribution in [3.63, 3.8) is 0 Å². The van der Waals surface area contributed by atoms with Gasteiger partial charge < -0.3 is 0 Å². The van der Waals surface area contributed by atoms with Crippen molar-refractivity contribution in [1.29, 1.82) is 0 Å². The summed E-state index contributed by atoms with van der Waals surface area (Å²) in [6.45, 7) is 0.